The highest BCUT2D eigenvalue weighted by molar-refractivity contribution is 7.90. The second-order valence-corrected chi connectivity index (χ2v) is 11.6. The summed E-state index contributed by atoms with van der Waals surface area (Å²) in [5, 5.41) is 1.58. The van der Waals surface area contributed by atoms with Crippen LogP contribution in [0.15, 0.2) is 79.4 Å². The second kappa shape index (κ2) is 10.6. The zero-order chi connectivity index (χ0) is 28.6. The highest BCUT2D eigenvalue weighted by Crippen LogP contribution is 2.36. The SMILES string of the molecule is C=CC(c1ccc2c(c1)CCN2C(=O)c1ccc(C(=O)CN)cc1N)S(=O)(=O)N1CC(c2ccccc2)NC1=O. The Balaban J connectivity index is 1.38. The zero-order valence-corrected chi connectivity index (χ0v) is 22.4. The van der Waals surface area contributed by atoms with E-state index in [2.05, 4.69) is 11.9 Å². The largest absolute Gasteiger partial charge is 0.398 e. The Labute approximate surface area is 232 Å². The molecule has 10 nitrogen and oxygen atoms in total. The van der Waals surface area contributed by atoms with Crippen LogP contribution in [0, 0.1) is 0 Å². The molecule has 11 heteroatoms. The van der Waals surface area contributed by atoms with Crippen molar-refractivity contribution in [2.75, 3.05) is 30.3 Å². The Morgan fingerprint density at radius 3 is 2.52 bits per heavy atom. The van der Waals surface area contributed by atoms with Crippen molar-refractivity contribution in [3.8, 4) is 0 Å². The average molecular weight is 560 g/mol. The second-order valence-electron chi connectivity index (χ2n) is 9.67. The van der Waals surface area contributed by atoms with Crippen molar-refractivity contribution in [3.63, 3.8) is 0 Å². The molecule has 0 bridgehead atoms. The van der Waals surface area contributed by atoms with E-state index in [9.17, 15) is 22.8 Å². The molecule has 2 aliphatic heterocycles. The summed E-state index contributed by atoms with van der Waals surface area (Å²) in [5.74, 6) is -0.609. The molecule has 5 rings (SSSR count). The fourth-order valence-electron chi connectivity index (χ4n) is 5.18. The third kappa shape index (κ3) is 4.74. The van der Waals surface area contributed by atoms with E-state index >= 15 is 0 Å². The fourth-order valence-corrected chi connectivity index (χ4v) is 6.83. The fraction of sp³-hybridized carbons (Fsp3) is 0.207. The van der Waals surface area contributed by atoms with Gasteiger partial charge in [0.1, 0.15) is 5.25 Å². The molecule has 3 aromatic rings. The van der Waals surface area contributed by atoms with Gasteiger partial charge in [-0.1, -0.05) is 54.6 Å². The Hall–Kier alpha value is -4.48. The first kappa shape index (κ1) is 27.1. The first-order valence-electron chi connectivity index (χ1n) is 12.7. The summed E-state index contributed by atoms with van der Waals surface area (Å²) < 4.78 is 28.1. The van der Waals surface area contributed by atoms with Crippen LogP contribution in [0.25, 0.3) is 0 Å². The summed E-state index contributed by atoms with van der Waals surface area (Å²) in [6, 6.07) is 17.6. The van der Waals surface area contributed by atoms with Gasteiger partial charge in [0.25, 0.3) is 5.91 Å². The molecule has 2 atom stereocenters. The zero-order valence-electron chi connectivity index (χ0n) is 21.6. The number of urea groups is 1. The van der Waals surface area contributed by atoms with Crippen molar-refractivity contribution in [3.05, 3.63) is 107 Å². The third-order valence-corrected chi connectivity index (χ3v) is 9.31. The van der Waals surface area contributed by atoms with E-state index in [1.807, 2.05) is 30.3 Å². The lowest BCUT2D eigenvalue weighted by Crippen LogP contribution is -2.37. The van der Waals surface area contributed by atoms with Crippen molar-refractivity contribution in [2.45, 2.75) is 17.7 Å². The van der Waals surface area contributed by atoms with Crippen molar-refractivity contribution < 1.29 is 22.8 Å². The van der Waals surface area contributed by atoms with Crippen LogP contribution < -0.4 is 21.7 Å². The van der Waals surface area contributed by atoms with E-state index < -0.39 is 27.3 Å². The number of amides is 3. The standard InChI is InChI=1S/C29H29N5O5S/c1-2-27(40(38,39)34-17-24(32-29(34)37)18-6-4-3-5-7-18)21-9-11-25-19(14-21)12-13-33(25)28(36)22-10-8-20(15-23(22)31)26(35)16-30/h2-11,14-15,24,27H,1,12-13,16-17,30-31H2,(H,32,37). The molecule has 0 radical (unpaired) electrons. The molecule has 2 unspecified atom stereocenters. The number of rotatable bonds is 8. The molecule has 1 fully saturated rings. The van der Waals surface area contributed by atoms with E-state index in [0.29, 0.717) is 29.8 Å². The number of sulfonamides is 1. The van der Waals surface area contributed by atoms with E-state index in [0.717, 1.165) is 15.4 Å². The smallest absolute Gasteiger partial charge is 0.331 e. The average Bonchev–Trinajstić information content (AvgIpc) is 3.56. The van der Waals surface area contributed by atoms with Gasteiger partial charge in [-0.15, -0.1) is 6.58 Å². The molecule has 3 aromatic carbocycles. The summed E-state index contributed by atoms with van der Waals surface area (Å²) in [6.45, 7) is 3.93. The van der Waals surface area contributed by atoms with Gasteiger partial charge >= 0.3 is 6.03 Å². The molecule has 2 aliphatic rings. The number of nitrogens with two attached hydrogens (primary N) is 2. The van der Waals surface area contributed by atoms with Crippen molar-refractivity contribution in [1.29, 1.82) is 0 Å². The van der Waals surface area contributed by atoms with Crippen molar-refractivity contribution in [1.82, 2.24) is 9.62 Å². The molecule has 3 amide bonds. The van der Waals surface area contributed by atoms with Crippen LogP contribution in [0.5, 0.6) is 0 Å². The molecule has 0 aliphatic carbocycles. The quantitative estimate of drug-likeness (QED) is 0.218. The maximum absolute atomic E-state index is 13.6. The lowest BCUT2D eigenvalue weighted by molar-refractivity contribution is 0.0983. The van der Waals surface area contributed by atoms with Crippen molar-refractivity contribution >= 4 is 39.1 Å². The predicted octanol–water partition coefficient (Wildman–Crippen LogP) is 2.94. The maximum Gasteiger partial charge on any atom is 0.331 e. The van der Waals surface area contributed by atoms with Gasteiger partial charge in [0.15, 0.2) is 5.78 Å². The molecule has 40 heavy (non-hydrogen) atoms. The van der Waals surface area contributed by atoms with Crippen LogP contribution in [0.2, 0.25) is 0 Å². The Morgan fingerprint density at radius 1 is 1.10 bits per heavy atom. The molecule has 0 saturated carbocycles. The topological polar surface area (TPSA) is 156 Å². The van der Waals surface area contributed by atoms with E-state index in [4.69, 9.17) is 11.5 Å². The van der Waals surface area contributed by atoms with Gasteiger partial charge in [0, 0.05) is 23.5 Å². The summed E-state index contributed by atoms with van der Waals surface area (Å²) in [5.41, 5.74) is 15.0. The van der Waals surface area contributed by atoms with Crippen molar-refractivity contribution in [2.24, 2.45) is 5.73 Å². The highest BCUT2D eigenvalue weighted by atomic mass is 32.2. The number of hydrogen-bond donors (Lipinski definition) is 3. The van der Waals surface area contributed by atoms with Gasteiger partial charge in [-0.3, -0.25) is 9.59 Å². The van der Waals surface area contributed by atoms with E-state index in [-0.39, 0.29) is 36.0 Å². The highest BCUT2D eigenvalue weighted by Gasteiger charge is 2.42. The number of nitrogen functional groups attached to an aromatic ring is 1. The Bertz CT molecular complexity index is 1620. The number of carbonyl (C=O) groups is 3. The van der Waals surface area contributed by atoms with Crippen LogP contribution >= 0.6 is 0 Å². The molecule has 206 valence electrons. The number of Topliss-reactive ketones (excluding diaryl/α,β-unsaturated/α-hetero) is 1. The number of nitrogens with one attached hydrogen (secondary N) is 1. The molecule has 1 saturated heterocycles. The van der Waals surface area contributed by atoms with Gasteiger partial charge < -0.3 is 21.7 Å². The van der Waals surface area contributed by atoms with Crippen LogP contribution in [-0.4, -0.2) is 50.1 Å². The van der Waals surface area contributed by atoms with Crippen LogP contribution in [-0.2, 0) is 16.4 Å². The van der Waals surface area contributed by atoms with Gasteiger partial charge in [0.2, 0.25) is 10.0 Å². The lowest BCUT2D eigenvalue weighted by Gasteiger charge is -2.23. The minimum atomic E-state index is -4.13. The number of anilines is 2. The summed E-state index contributed by atoms with van der Waals surface area (Å²) in [7, 11) is -4.13. The number of fused-ring (bicyclic) bond motifs is 1. The Morgan fingerprint density at radius 2 is 1.85 bits per heavy atom. The summed E-state index contributed by atoms with van der Waals surface area (Å²) in [4.78, 5) is 39.5. The van der Waals surface area contributed by atoms with E-state index in [1.165, 1.54) is 24.3 Å². The van der Waals surface area contributed by atoms with Gasteiger partial charge in [-0.25, -0.2) is 17.5 Å². The first-order chi connectivity index (χ1) is 19.1. The van der Waals surface area contributed by atoms with E-state index in [1.54, 1.807) is 23.1 Å². The molecular weight excluding hydrogens is 530 g/mol. The maximum atomic E-state index is 13.6. The van der Waals surface area contributed by atoms with Gasteiger partial charge in [-0.2, -0.15) is 0 Å². The normalized spacial score (nSPS) is 17.3. The molecule has 0 spiro atoms. The van der Waals surface area contributed by atoms with Crippen LogP contribution in [0.1, 0.15) is 48.7 Å². The molecule has 5 N–H and O–H groups in total. The van der Waals surface area contributed by atoms with Gasteiger partial charge in [0.05, 0.1) is 24.7 Å². The molecule has 0 aromatic heterocycles. The molecule has 2 heterocycles. The third-order valence-electron chi connectivity index (χ3n) is 7.28. The van der Waals surface area contributed by atoms with Gasteiger partial charge in [-0.05, 0) is 41.3 Å². The molecular formula is C29H29N5O5S. The Kier molecular flexibility index (Phi) is 7.17. The summed E-state index contributed by atoms with van der Waals surface area (Å²) in [6.07, 6.45) is 1.81. The summed E-state index contributed by atoms with van der Waals surface area (Å²) >= 11 is 0. The number of hydrogen-bond acceptors (Lipinski definition) is 7. The monoisotopic (exact) mass is 559 g/mol. The number of benzene rings is 3. The predicted molar refractivity (Wildman–Crippen MR) is 152 cm³/mol. The lowest BCUT2D eigenvalue weighted by atomic mass is 10.0. The minimum Gasteiger partial charge on any atom is -0.398 e. The van der Waals surface area contributed by atoms with Crippen LogP contribution in [0.4, 0.5) is 16.2 Å². The number of nitrogens with zero attached hydrogens (tertiary/aromatic N) is 2. The number of ketones is 1. The first-order valence-corrected chi connectivity index (χ1v) is 14.2. The number of carbonyl (C=O) groups excluding carboxylic acids is 3. The minimum absolute atomic E-state index is 0.0279. The van der Waals surface area contributed by atoms with Crippen LogP contribution in [0.3, 0.4) is 0 Å².